The number of Topliss-reactive ketones (excluding diaryl/α,β-unsaturated/α-hetero) is 1. The van der Waals surface area contributed by atoms with Crippen molar-refractivity contribution in [3.8, 4) is 0 Å². The largest absolute Gasteiger partial charge is 0.416 e. The fraction of sp³-hybridized carbons (Fsp3) is 0.304. The molecular formula is C23H20F3NO2. The molecule has 0 radical (unpaired) electrons. The molecule has 2 aromatic rings. The van der Waals surface area contributed by atoms with Crippen molar-refractivity contribution < 1.29 is 22.8 Å². The topological polar surface area (TPSA) is 37.4 Å². The van der Waals surface area contributed by atoms with Crippen LogP contribution in [0.4, 0.5) is 18.9 Å². The van der Waals surface area contributed by atoms with Crippen LogP contribution in [0.1, 0.15) is 48.3 Å². The van der Waals surface area contributed by atoms with Gasteiger partial charge in [0, 0.05) is 35.7 Å². The number of aryl methyl sites for hydroxylation is 1. The molecule has 0 bridgehead atoms. The summed E-state index contributed by atoms with van der Waals surface area (Å²) < 4.78 is 40.8. The van der Waals surface area contributed by atoms with E-state index in [1.807, 2.05) is 19.1 Å². The predicted molar refractivity (Wildman–Crippen MR) is 103 cm³/mol. The van der Waals surface area contributed by atoms with Crippen LogP contribution in [0.15, 0.2) is 59.8 Å². The van der Waals surface area contributed by atoms with E-state index >= 15 is 0 Å². The molecule has 2 aromatic carbocycles. The Morgan fingerprint density at radius 3 is 2.34 bits per heavy atom. The first-order valence-corrected chi connectivity index (χ1v) is 9.59. The second kappa shape index (κ2) is 7.17. The Balaban J connectivity index is 1.89. The summed E-state index contributed by atoms with van der Waals surface area (Å²) in [5.74, 6) is -1.33. The lowest BCUT2D eigenvalue weighted by Gasteiger charge is -2.39. The van der Waals surface area contributed by atoms with Crippen molar-refractivity contribution in [1.29, 1.82) is 0 Å². The number of allylic oxidation sites excluding steroid dienone is 2. The van der Waals surface area contributed by atoms with Crippen molar-refractivity contribution in [2.45, 2.75) is 44.7 Å². The minimum Gasteiger partial charge on any atom is -0.294 e. The molecule has 1 aliphatic heterocycles. The van der Waals surface area contributed by atoms with E-state index in [9.17, 15) is 22.8 Å². The maximum Gasteiger partial charge on any atom is 0.416 e. The molecule has 0 aromatic heterocycles. The van der Waals surface area contributed by atoms with Crippen LogP contribution in [0.3, 0.4) is 0 Å². The Morgan fingerprint density at radius 2 is 1.66 bits per heavy atom. The van der Waals surface area contributed by atoms with Gasteiger partial charge in [0.15, 0.2) is 5.78 Å². The van der Waals surface area contributed by atoms with Crippen LogP contribution in [0.5, 0.6) is 0 Å². The van der Waals surface area contributed by atoms with E-state index in [1.165, 1.54) is 23.1 Å². The third kappa shape index (κ3) is 3.48. The molecule has 1 heterocycles. The number of hydrogen-bond acceptors (Lipinski definition) is 2. The van der Waals surface area contributed by atoms with Gasteiger partial charge in [0.2, 0.25) is 5.91 Å². The van der Waals surface area contributed by atoms with Gasteiger partial charge >= 0.3 is 6.18 Å². The fourth-order valence-corrected chi connectivity index (χ4v) is 4.31. The van der Waals surface area contributed by atoms with Crippen LogP contribution >= 0.6 is 0 Å². The monoisotopic (exact) mass is 399 g/mol. The molecule has 29 heavy (non-hydrogen) atoms. The highest BCUT2D eigenvalue weighted by atomic mass is 19.4. The smallest absolute Gasteiger partial charge is 0.294 e. The fourth-order valence-electron chi connectivity index (χ4n) is 4.31. The van der Waals surface area contributed by atoms with Crippen molar-refractivity contribution in [2.24, 2.45) is 0 Å². The van der Waals surface area contributed by atoms with E-state index in [1.54, 1.807) is 12.1 Å². The van der Waals surface area contributed by atoms with E-state index in [4.69, 9.17) is 0 Å². The summed E-state index contributed by atoms with van der Waals surface area (Å²) in [6.07, 6.45) is -3.34. The Morgan fingerprint density at radius 1 is 0.966 bits per heavy atom. The SMILES string of the molecule is Cc1ccc(N2C(=O)CC(c3ccccc3C(F)(F)F)C3=C2CCCC3=O)cc1. The summed E-state index contributed by atoms with van der Waals surface area (Å²) in [6, 6.07) is 12.6. The molecule has 0 saturated carbocycles. The summed E-state index contributed by atoms with van der Waals surface area (Å²) in [4.78, 5) is 27.4. The van der Waals surface area contributed by atoms with Gasteiger partial charge in [-0.1, -0.05) is 35.9 Å². The molecule has 3 nitrogen and oxygen atoms in total. The zero-order chi connectivity index (χ0) is 20.8. The van der Waals surface area contributed by atoms with Gasteiger partial charge < -0.3 is 0 Å². The Labute approximate surface area is 166 Å². The number of hydrogen-bond donors (Lipinski definition) is 0. The van der Waals surface area contributed by atoms with Crippen molar-refractivity contribution in [1.82, 2.24) is 0 Å². The molecule has 0 spiro atoms. The minimum absolute atomic E-state index is 0.000318. The predicted octanol–water partition coefficient (Wildman–Crippen LogP) is 5.54. The lowest BCUT2D eigenvalue weighted by atomic mass is 9.76. The highest BCUT2D eigenvalue weighted by molar-refractivity contribution is 6.07. The molecule has 150 valence electrons. The number of amides is 1. The Kier molecular flexibility index (Phi) is 4.81. The molecule has 1 amide bonds. The highest BCUT2D eigenvalue weighted by Crippen LogP contribution is 2.46. The maximum absolute atomic E-state index is 13.6. The molecule has 1 aliphatic carbocycles. The molecule has 0 N–H and O–H groups in total. The molecule has 0 fully saturated rings. The van der Waals surface area contributed by atoms with E-state index in [0.717, 1.165) is 11.6 Å². The van der Waals surface area contributed by atoms with Gasteiger partial charge in [-0.25, -0.2) is 0 Å². The van der Waals surface area contributed by atoms with Crippen LogP contribution in [0.2, 0.25) is 0 Å². The number of benzene rings is 2. The van der Waals surface area contributed by atoms with Crippen LogP contribution in [0.25, 0.3) is 0 Å². The van der Waals surface area contributed by atoms with Gasteiger partial charge in [-0.3, -0.25) is 14.5 Å². The molecule has 4 rings (SSSR count). The zero-order valence-corrected chi connectivity index (χ0v) is 15.9. The number of halogens is 3. The van der Waals surface area contributed by atoms with Crippen molar-refractivity contribution in [2.75, 3.05) is 4.90 Å². The van der Waals surface area contributed by atoms with Crippen LogP contribution < -0.4 is 4.90 Å². The van der Waals surface area contributed by atoms with Crippen LogP contribution in [0, 0.1) is 6.92 Å². The lowest BCUT2D eigenvalue weighted by Crippen LogP contribution is -2.41. The third-order valence-electron chi connectivity index (χ3n) is 5.61. The van der Waals surface area contributed by atoms with E-state index in [0.29, 0.717) is 36.2 Å². The van der Waals surface area contributed by atoms with Crippen LogP contribution in [-0.2, 0) is 15.8 Å². The summed E-state index contributed by atoms with van der Waals surface area (Å²) in [5.41, 5.74) is 1.79. The maximum atomic E-state index is 13.6. The molecule has 2 aliphatic rings. The van der Waals surface area contributed by atoms with Crippen molar-refractivity contribution in [3.63, 3.8) is 0 Å². The normalized spacial score (nSPS) is 20.1. The Bertz CT molecular complexity index is 1010. The first kappa shape index (κ1) is 19.4. The van der Waals surface area contributed by atoms with Gasteiger partial charge in [-0.15, -0.1) is 0 Å². The van der Waals surface area contributed by atoms with Crippen molar-refractivity contribution in [3.05, 3.63) is 76.5 Å². The molecular weight excluding hydrogens is 379 g/mol. The number of alkyl halides is 3. The number of rotatable bonds is 2. The standard InChI is InChI=1S/C23H20F3NO2/c1-14-9-11-15(12-10-14)27-19-7-4-8-20(28)22(19)17(13-21(27)29)16-5-2-3-6-18(16)23(24,25)26/h2-3,5-6,9-12,17H,4,7-8,13H2,1H3. The highest BCUT2D eigenvalue weighted by Gasteiger charge is 2.43. The molecule has 1 atom stereocenters. The van der Waals surface area contributed by atoms with Crippen LogP contribution in [-0.4, -0.2) is 11.7 Å². The van der Waals surface area contributed by atoms with E-state index < -0.39 is 17.7 Å². The number of anilines is 1. The third-order valence-corrected chi connectivity index (χ3v) is 5.61. The summed E-state index contributed by atoms with van der Waals surface area (Å²) >= 11 is 0. The number of nitrogens with zero attached hydrogens (tertiary/aromatic N) is 1. The lowest BCUT2D eigenvalue weighted by molar-refractivity contribution is -0.138. The number of ketones is 1. The summed E-state index contributed by atoms with van der Waals surface area (Å²) in [5, 5.41) is 0. The molecule has 0 saturated heterocycles. The first-order chi connectivity index (χ1) is 13.8. The average molecular weight is 399 g/mol. The second-order valence-corrected chi connectivity index (χ2v) is 7.54. The Hall–Kier alpha value is -2.89. The summed E-state index contributed by atoms with van der Waals surface area (Å²) in [7, 11) is 0. The van der Waals surface area contributed by atoms with Gasteiger partial charge in [0.05, 0.1) is 5.56 Å². The number of carbonyl (C=O) groups is 2. The van der Waals surface area contributed by atoms with Gasteiger partial charge in [0.25, 0.3) is 0 Å². The van der Waals surface area contributed by atoms with E-state index in [2.05, 4.69) is 0 Å². The zero-order valence-electron chi connectivity index (χ0n) is 15.9. The number of carbonyl (C=O) groups excluding carboxylic acids is 2. The quantitative estimate of drug-likeness (QED) is 0.665. The van der Waals surface area contributed by atoms with Gasteiger partial charge in [-0.2, -0.15) is 13.2 Å². The minimum atomic E-state index is -4.55. The van der Waals surface area contributed by atoms with Gasteiger partial charge in [0.1, 0.15) is 0 Å². The van der Waals surface area contributed by atoms with Crippen molar-refractivity contribution >= 4 is 17.4 Å². The molecule has 1 unspecified atom stereocenters. The van der Waals surface area contributed by atoms with Gasteiger partial charge in [-0.05, 0) is 43.5 Å². The van der Waals surface area contributed by atoms with E-state index in [-0.39, 0.29) is 23.7 Å². The summed E-state index contributed by atoms with van der Waals surface area (Å²) in [6.45, 7) is 1.93. The second-order valence-electron chi connectivity index (χ2n) is 7.54. The first-order valence-electron chi connectivity index (χ1n) is 9.59. The average Bonchev–Trinajstić information content (AvgIpc) is 2.68. The molecule has 6 heteroatoms.